The molecule has 0 aliphatic heterocycles. The first-order chi connectivity index (χ1) is 12.6. The summed E-state index contributed by atoms with van der Waals surface area (Å²) in [5.41, 5.74) is 1.98. The highest BCUT2D eigenvalue weighted by Crippen LogP contribution is 2.31. The van der Waals surface area contributed by atoms with Gasteiger partial charge in [-0.2, -0.15) is 0 Å². The minimum absolute atomic E-state index is 0.117. The van der Waals surface area contributed by atoms with Crippen LogP contribution in [0.1, 0.15) is 24.0 Å². The lowest BCUT2D eigenvalue weighted by Crippen LogP contribution is -2.33. The summed E-state index contributed by atoms with van der Waals surface area (Å²) < 4.78 is 15.8. The average molecular weight is 355 g/mol. The highest BCUT2D eigenvalue weighted by molar-refractivity contribution is 5.80. The highest BCUT2D eigenvalue weighted by Gasteiger charge is 2.32. The molecule has 0 unspecified atom stereocenters. The number of hydrogen-bond acceptors (Lipinski definition) is 4. The van der Waals surface area contributed by atoms with Gasteiger partial charge in [-0.05, 0) is 36.6 Å². The maximum atomic E-state index is 13.0. The van der Waals surface area contributed by atoms with E-state index in [1.807, 2.05) is 47.4 Å². The molecule has 1 aliphatic carbocycles. The summed E-state index contributed by atoms with van der Waals surface area (Å²) in [4.78, 5) is 14.9. The number of rotatable bonds is 8. The van der Waals surface area contributed by atoms with Gasteiger partial charge in [0.1, 0.15) is 17.2 Å². The second kappa shape index (κ2) is 8.13. The topological polar surface area (TPSA) is 48.0 Å². The fourth-order valence-corrected chi connectivity index (χ4v) is 3.00. The Hall–Kier alpha value is -2.69. The van der Waals surface area contributed by atoms with Crippen LogP contribution in [0.15, 0.2) is 42.5 Å². The zero-order valence-electron chi connectivity index (χ0n) is 15.5. The van der Waals surface area contributed by atoms with Gasteiger partial charge in [0.2, 0.25) is 5.91 Å². The molecule has 1 aliphatic rings. The number of amides is 1. The molecular formula is C21H25NO4. The smallest absolute Gasteiger partial charge is 0.227 e. The minimum Gasteiger partial charge on any atom is -0.497 e. The average Bonchev–Trinajstić information content (AvgIpc) is 3.51. The Morgan fingerprint density at radius 2 is 1.62 bits per heavy atom. The highest BCUT2D eigenvalue weighted by atomic mass is 16.5. The summed E-state index contributed by atoms with van der Waals surface area (Å²) >= 11 is 0. The lowest BCUT2D eigenvalue weighted by molar-refractivity contribution is -0.131. The van der Waals surface area contributed by atoms with Crippen molar-refractivity contribution in [1.29, 1.82) is 0 Å². The van der Waals surface area contributed by atoms with Crippen molar-refractivity contribution in [2.24, 2.45) is 0 Å². The molecule has 0 N–H and O–H groups in total. The van der Waals surface area contributed by atoms with Crippen LogP contribution in [0.4, 0.5) is 0 Å². The Kier molecular flexibility index (Phi) is 5.66. The van der Waals surface area contributed by atoms with Crippen LogP contribution in [0, 0.1) is 0 Å². The molecule has 0 spiro atoms. The molecule has 0 aromatic heterocycles. The molecule has 138 valence electrons. The fraction of sp³-hybridized carbons (Fsp3) is 0.381. The third-order valence-electron chi connectivity index (χ3n) is 4.66. The van der Waals surface area contributed by atoms with Gasteiger partial charge in [0, 0.05) is 24.2 Å². The van der Waals surface area contributed by atoms with Gasteiger partial charge < -0.3 is 19.1 Å². The number of nitrogens with zero attached hydrogens (tertiary/aromatic N) is 1. The molecule has 1 amide bonds. The van der Waals surface area contributed by atoms with Gasteiger partial charge in [-0.3, -0.25) is 4.79 Å². The van der Waals surface area contributed by atoms with Crippen molar-refractivity contribution in [3.05, 3.63) is 53.6 Å². The predicted molar refractivity (Wildman–Crippen MR) is 99.8 cm³/mol. The Labute approximate surface area is 154 Å². The van der Waals surface area contributed by atoms with E-state index in [9.17, 15) is 4.79 Å². The van der Waals surface area contributed by atoms with Crippen molar-refractivity contribution in [1.82, 2.24) is 4.90 Å². The zero-order valence-corrected chi connectivity index (χ0v) is 15.5. The van der Waals surface area contributed by atoms with Gasteiger partial charge in [-0.1, -0.05) is 18.2 Å². The molecule has 0 radical (unpaired) electrons. The second-order valence-electron chi connectivity index (χ2n) is 6.46. The van der Waals surface area contributed by atoms with Crippen LogP contribution in [-0.2, 0) is 17.8 Å². The van der Waals surface area contributed by atoms with E-state index in [1.165, 1.54) is 0 Å². The molecule has 2 aromatic rings. The quantitative estimate of drug-likeness (QED) is 0.728. The maximum Gasteiger partial charge on any atom is 0.227 e. The molecule has 1 saturated carbocycles. The van der Waals surface area contributed by atoms with Gasteiger partial charge in [0.25, 0.3) is 0 Å². The van der Waals surface area contributed by atoms with Crippen molar-refractivity contribution >= 4 is 5.91 Å². The Bertz CT molecular complexity index is 753. The van der Waals surface area contributed by atoms with E-state index >= 15 is 0 Å². The van der Waals surface area contributed by atoms with E-state index < -0.39 is 0 Å². The van der Waals surface area contributed by atoms with E-state index in [-0.39, 0.29) is 5.91 Å². The van der Waals surface area contributed by atoms with E-state index in [2.05, 4.69) is 0 Å². The summed E-state index contributed by atoms with van der Waals surface area (Å²) in [6, 6.07) is 13.8. The van der Waals surface area contributed by atoms with Gasteiger partial charge >= 0.3 is 0 Å². The number of benzene rings is 2. The Balaban J connectivity index is 1.73. The van der Waals surface area contributed by atoms with Crippen LogP contribution < -0.4 is 14.2 Å². The van der Waals surface area contributed by atoms with Gasteiger partial charge in [0.05, 0.1) is 27.8 Å². The SMILES string of the molecule is COc1ccc(CN(C(=O)Cc2ccc(OC)cc2OC)C2CC2)cc1. The van der Waals surface area contributed by atoms with Gasteiger partial charge in [-0.25, -0.2) is 0 Å². The third kappa shape index (κ3) is 4.28. The van der Waals surface area contributed by atoms with Gasteiger partial charge in [0.15, 0.2) is 0 Å². The normalized spacial score (nSPS) is 13.2. The van der Waals surface area contributed by atoms with Crippen molar-refractivity contribution in [3.63, 3.8) is 0 Å². The first kappa shape index (κ1) is 18.1. The van der Waals surface area contributed by atoms with Crippen LogP contribution in [0.5, 0.6) is 17.2 Å². The predicted octanol–water partition coefficient (Wildman–Crippen LogP) is 3.45. The Morgan fingerprint density at radius 3 is 2.19 bits per heavy atom. The standard InChI is InChI=1S/C21H25NO4/c1-24-18-9-4-15(5-10-18)14-22(17-7-8-17)21(23)12-16-6-11-19(25-2)13-20(16)26-3/h4-6,9-11,13,17H,7-8,12,14H2,1-3H3. The Morgan fingerprint density at radius 1 is 0.962 bits per heavy atom. The van der Waals surface area contributed by atoms with Gasteiger partial charge in [-0.15, -0.1) is 0 Å². The molecule has 0 atom stereocenters. The zero-order chi connectivity index (χ0) is 18.5. The molecule has 0 heterocycles. The minimum atomic E-state index is 0.117. The molecule has 1 fully saturated rings. The largest absolute Gasteiger partial charge is 0.497 e. The summed E-state index contributed by atoms with van der Waals surface area (Å²) in [7, 11) is 4.87. The van der Waals surface area contributed by atoms with Crippen LogP contribution >= 0.6 is 0 Å². The van der Waals surface area contributed by atoms with Crippen molar-refractivity contribution in [2.75, 3.05) is 21.3 Å². The van der Waals surface area contributed by atoms with Crippen LogP contribution in [0.3, 0.4) is 0 Å². The first-order valence-electron chi connectivity index (χ1n) is 8.78. The molecule has 2 aromatic carbocycles. The first-order valence-corrected chi connectivity index (χ1v) is 8.78. The lowest BCUT2D eigenvalue weighted by Gasteiger charge is -2.23. The monoisotopic (exact) mass is 355 g/mol. The number of hydrogen-bond donors (Lipinski definition) is 0. The van der Waals surface area contributed by atoms with E-state index in [4.69, 9.17) is 14.2 Å². The van der Waals surface area contributed by atoms with E-state index in [0.717, 1.165) is 35.5 Å². The maximum absolute atomic E-state index is 13.0. The van der Waals surface area contributed by atoms with Crippen LogP contribution in [0.25, 0.3) is 0 Å². The summed E-state index contributed by atoms with van der Waals surface area (Å²) in [5, 5.41) is 0. The van der Waals surface area contributed by atoms with Crippen molar-refractivity contribution in [3.8, 4) is 17.2 Å². The van der Waals surface area contributed by atoms with E-state index in [0.29, 0.717) is 24.8 Å². The second-order valence-corrected chi connectivity index (χ2v) is 6.46. The molecule has 5 nitrogen and oxygen atoms in total. The number of ether oxygens (including phenoxy) is 3. The molecule has 5 heteroatoms. The number of carbonyl (C=O) groups excluding carboxylic acids is 1. The molecule has 26 heavy (non-hydrogen) atoms. The molecular weight excluding hydrogens is 330 g/mol. The molecule has 3 rings (SSSR count). The van der Waals surface area contributed by atoms with Crippen molar-refractivity contribution < 1.29 is 19.0 Å². The fourth-order valence-electron chi connectivity index (χ4n) is 3.00. The number of methoxy groups -OCH3 is 3. The van der Waals surface area contributed by atoms with Crippen LogP contribution in [-0.4, -0.2) is 38.2 Å². The summed E-state index contributed by atoms with van der Waals surface area (Å²) in [6.07, 6.45) is 2.46. The summed E-state index contributed by atoms with van der Waals surface area (Å²) in [6.45, 7) is 0.617. The summed E-state index contributed by atoms with van der Waals surface area (Å²) in [5.74, 6) is 2.33. The third-order valence-corrected chi connectivity index (χ3v) is 4.66. The number of carbonyl (C=O) groups is 1. The lowest BCUT2D eigenvalue weighted by atomic mass is 10.1. The van der Waals surface area contributed by atoms with Crippen molar-refractivity contribution in [2.45, 2.75) is 31.8 Å². The molecule has 0 saturated heterocycles. The van der Waals surface area contributed by atoms with E-state index in [1.54, 1.807) is 21.3 Å². The molecule has 0 bridgehead atoms. The van der Waals surface area contributed by atoms with Crippen LogP contribution in [0.2, 0.25) is 0 Å².